The van der Waals surface area contributed by atoms with E-state index < -0.39 is 76.0 Å². The Hall–Kier alpha value is -1.24. The third-order valence-corrected chi connectivity index (χ3v) is 4.40. The van der Waals surface area contributed by atoms with Gasteiger partial charge in [0.1, 0.15) is 37.6 Å². The molecule has 0 aliphatic carbocycles. The fourth-order valence-electron chi connectivity index (χ4n) is 2.71. The maximum Gasteiger partial charge on any atom is 0.495 e. The molecule has 0 amide bonds. The number of aliphatic hydroxyl groups excluding tert-OH is 5. The SMILES string of the molecule is C=CCOCC(O)COCC(O)COCCOCC(F)(F)OC(F)(F)OC(F)(F)COCC(O)COCC(O)COCCO. The molecule has 44 heavy (non-hydrogen) atoms. The third kappa shape index (κ3) is 26.0. The van der Waals surface area contributed by atoms with E-state index >= 15 is 0 Å². The van der Waals surface area contributed by atoms with Crippen LogP contribution in [-0.4, -0.2) is 168 Å². The van der Waals surface area contributed by atoms with Crippen molar-refractivity contribution in [1.29, 1.82) is 0 Å². The molecule has 4 unspecified atom stereocenters. The molecule has 0 radical (unpaired) electrons. The first-order chi connectivity index (χ1) is 20.6. The van der Waals surface area contributed by atoms with Crippen LogP contribution in [0.5, 0.6) is 0 Å². The summed E-state index contributed by atoms with van der Waals surface area (Å²) in [6.07, 6.45) is -18.3. The molecule has 264 valence electrons. The lowest BCUT2D eigenvalue weighted by Crippen LogP contribution is -2.44. The Balaban J connectivity index is 4.13. The van der Waals surface area contributed by atoms with Gasteiger partial charge in [-0.25, -0.2) is 9.47 Å². The highest BCUT2D eigenvalue weighted by Gasteiger charge is 2.52. The lowest BCUT2D eigenvalue weighted by molar-refractivity contribution is -0.518. The minimum Gasteiger partial charge on any atom is -0.394 e. The average Bonchev–Trinajstić information content (AvgIpc) is 2.89. The smallest absolute Gasteiger partial charge is 0.394 e. The molecular weight excluding hydrogens is 626 g/mol. The molecule has 0 aliphatic rings. The molecule has 0 aromatic carbocycles. The standard InChI is InChI=1S/C24H42F6O14/c1-2-4-36-8-18(32)11-40-13-20(34)10-38-6-7-39-16-22(25,26)43-24(29,30)44-23(27,28)17-42-15-21(35)14-41-12-19(33)9-37-5-3-31/h2,18-21,31-35H,1,3-17H2. The molecule has 20 heteroatoms. The molecule has 0 heterocycles. The number of halogens is 6. The Morgan fingerprint density at radius 2 is 0.886 bits per heavy atom. The summed E-state index contributed by atoms with van der Waals surface area (Å²) in [5, 5.41) is 46.9. The van der Waals surface area contributed by atoms with Gasteiger partial charge in [0.2, 0.25) is 0 Å². The quantitative estimate of drug-likeness (QED) is 0.0276. The first kappa shape index (κ1) is 42.8. The van der Waals surface area contributed by atoms with Crippen molar-refractivity contribution in [3.05, 3.63) is 12.7 Å². The third-order valence-electron chi connectivity index (χ3n) is 4.40. The average molecular weight is 669 g/mol. The predicted octanol–water partition coefficient (Wildman–Crippen LogP) is -0.506. The van der Waals surface area contributed by atoms with Gasteiger partial charge in [0.25, 0.3) is 0 Å². The largest absolute Gasteiger partial charge is 0.495 e. The van der Waals surface area contributed by atoms with Crippen molar-refractivity contribution < 1.29 is 94.5 Å². The van der Waals surface area contributed by atoms with Crippen molar-refractivity contribution in [2.75, 3.05) is 99.1 Å². The number of alkyl halides is 6. The number of aliphatic hydroxyl groups is 5. The van der Waals surface area contributed by atoms with Crippen LogP contribution in [0.25, 0.3) is 0 Å². The van der Waals surface area contributed by atoms with E-state index in [1.165, 1.54) is 6.08 Å². The Kier molecular flexibility index (Phi) is 23.3. The number of hydrogen-bond acceptors (Lipinski definition) is 14. The molecule has 0 saturated carbocycles. The highest BCUT2D eigenvalue weighted by Crippen LogP contribution is 2.33. The van der Waals surface area contributed by atoms with Crippen LogP contribution in [0.3, 0.4) is 0 Å². The Labute approximate surface area is 249 Å². The van der Waals surface area contributed by atoms with E-state index in [2.05, 4.69) is 25.5 Å². The van der Waals surface area contributed by atoms with Gasteiger partial charge in [0, 0.05) is 0 Å². The van der Waals surface area contributed by atoms with Gasteiger partial charge in [-0.05, 0) is 0 Å². The van der Waals surface area contributed by atoms with E-state index in [0.717, 1.165) is 0 Å². The second-order valence-electron chi connectivity index (χ2n) is 8.90. The van der Waals surface area contributed by atoms with E-state index in [9.17, 15) is 46.8 Å². The van der Waals surface area contributed by atoms with E-state index in [1.807, 2.05) is 0 Å². The zero-order valence-electron chi connectivity index (χ0n) is 23.9. The van der Waals surface area contributed by atoms with Crippen molar-refractivity contribution in [2.24, 2.45) is 0 Å². The second-order valence-corrected chi connectivity index (χ2v) is 8.90. The van der Waals surface area contributed by atoms with Crippen molar-refractivity contribution in [3.8, 4) is 0 Å². The lowest BCUT2D eigenvalue weighted by Gasteiger charge is -2.26. The van der Waals surface area contributed by atoms with Gasteiger partial charge in [-0.1, -0.05) is 6.08 Å². The molecule has 4 atom stereocenters. The number of rotatable bonds is 31. The molecular formula is C24H42F6O14. The summed E-state index contributed by atoms with van der Waals surface area (Å²) in [6, 6.07) is 0. The Morgan fingerprint density at radius 1 is 0.523 bits per heavy atom. The van der Waals surface area contributed by atoms with Crippen LogP contribution in [0.2, 0.25) is 0 Å². The molecule has 14 nitrogen and oxygen atoms in total. The van der Waals surface area contributed by atoms with E-state index in [4.69, 9.17) is 28.8 Å². The minimum atomic E-state index is -5.48. The predicted molar refractivity (Wildman–Crippen MR) is 134 cm³/mol. The second kappa shape index (κ2) is 24.0. The van der Waals surface area contributed by atoms with Crippen LogP contribution in [0, 0.1) is 0 Å². The fraction of sp³-hybridized carbons (Fsp3) is 0.917. The van der Waals surface area contributed by atoms with Crippen molar-refractivity contribution in [2.45, 2.75) is 42.9 Å². The molecule has 0 rings (SSSR count). The number of hydrogen-bond donors (Lipinski definition) is 5. The summed E-state index contributed by atoms with van der Waals surface area (Å²) < 4.78 is 121. The van der Waals surface area contributed by atoms with Gasteiger partial charge in [0.05, 0.1) is 85.9 Å². The first-order valence-electron chi connectivity index (χ1n) is 13.1. The van der Waals surface area contributed by atoms with Crippen LogP contribution in [0.4, 0.5) is 26.3 Å². The lowest BCUT2D eigenvalue weighted by atomic mass is 10.4. The minimum absolute atomic E-state index is 0.0137. The van der Waals surface area contributed by atoms with Crippen LogP contribution in [0.15, 0.2) is 12.7 Å². The summed E-state index contributed by atoms with van der Waals surface area (Å²) in [5.74, 6) is 0. The van der Waals surface area contributed by atoms with E-state index in [1.54, 1.807) is 0 Å². The van der Waals surface area contributed by atoms with Crippen LogP contribution in [-0.2, 0) is 42.6 Å². The van der Waals surface area contributed by atoms with Gasteiger partial charge in [-0.3, -0.25) is 0 Å². The van der Waals surface area contributed by atoms with Crippen molar-refractivity contribution >= 4 is 0 Å². The molecule has 5 N–H and O–H groups in total. The summed E-state index contributed by atoms with van der Waals surface area (Å²) in [6.45, 7) is -3.82. The van der Waals surface area contributed by atoms with E-state index in [0.29, 0.717) is 0 Å². The Bertz CT molecular complexity index is 712. The maximum atomic E-state index is 13.7. The molecule has 0 saturated heterocycles. The van der Waals surface area contributed by atoms with E-state index in [-0.39, 0.29) is 66.1 Å². The zero-order chi connectivity index (χ0) is 33.5. The first-order valence-corrected chi connectivity index (χ1v) is 13.1. The summed E-state index contributed by atoms with van der Waals surface area (Å²) in [7, 11) is 0. The van der Waals surface area contributed by atoms with Gasteiger partial charge in [-0.15, -0.1) is 15.4 Å². The normalized spacial score (nSPS) is 15.7. The molecule has 0 fully saturated rings. The summed E-state index contributed by atoms with van der Waals surface area (Å²) in [5.41, 5.74) is 0. The summed E-state index contributed by atoms with van der Waals surface area (Å²) >= 11 is 0. The zero-order valence-corrected chi connectivity index (χ0v) is 23.9. The topological polar surface area (TPSA) is 184 Å². The van der Waals surface area contributed by atoms with Crippen LogP contribution >= 0.6 is 0 Å². The van der Waals surface area contributed by atoms with Gasteiger partial charge in [0.15, 0.2) is 0 Å². The summed E-state index contributed by atoms with van der Waals surface area (Å²) in [4.78, 5) is 0. The number of ether oxygens (including phenoxy) is 9. The molecule has 0 aliphatic heterocycles. The van der Waals surface area contributed by atoms with Crippen LogP contribution in [0.1, 0.15) is 0 Å². The van der Waals surface area contributed by atoms with Crippen molar-refractivity contribution in [3.63, 3.8) is 0 Å². The molecule has 0 aromatic heterocycles. The molecule has 0 bridgehead atoms. The monoisotopic (exact) mass is 668 g/mol. The van der Waals surface area contributed by atoms with Crippen molar-refractivity contribution in [1.82, 2.24) is 0 Å². The highest BCUT2D eigenvalue weighted by molar-refractivity contribution is 4.65. The highest BCUT2D eigenvalue weighted by atomic mass is 19.3. The van der Waals surface area contributed by atoms with Gasteiger partial charge >= 0.3 is 18.5 Å². The molecule has 0 aromatic rings. The Morgan fingerprint density at radius 3 is 1.34 bits per heavy atom. The van der Waals surface area contributed by atoms with Gasteiger partial charge < -0.3 is 58.7 Å². The fourth-order valence-corrected chi connectivity index (χ4v) is 2.71. The van der Waals surface area contributed by atoms with Crippen LogP contribution < -0.4 is 0 Å². The van der Waals surface area contributed by atoms with Gasteiger partial charge in [-0.2, -0.15) is 17.6 Å². The maximum absolute atomic E-state index is 13.7. The molecule has 0 spiro atoms.